The average Bonchev–Trinajstić information content (AvgIpc) is 2.97. The van der Waals surface area contributed by atoms with Crippen LogP contribution in [-0.2, 0) is 22.6 Å². The number of nitrogens with one attached hydrogen (secondary N) is 2. The molecule has 1 amide bonds. The molecule has 1 aliphatic heterocycles. The molecule has 0 radical (unpaired) electrons. The first kappa shape index (κ1) is 28.3. The molecular weight excluding hydrogens is 539 g/mol. The molecule has 2 heterocycles. The van der Waals surface area contributed by atoms with Crippen LogP contribution in [-0.4, -0.2) is 41.2 Å². The third-order valence-corrected chi connectivity index (χ3v) is 6.75. The summed E-state index contributed by atoms with van der Waals surface area (Å²) in [5.41, 5.74) is 3.91. The van der Waals surface area contributed by atoms with Gasteiger partial charge in [-0.2, -0.15) is 5.26 Å². The summed E-state index contributed by atoms with van der Waals surface area (Å²) in [4.78, 5) is 28.8. The Morgan fingerprint density at radius 3 is 2.57 bits per heavy atom. The van der Waals surface area contributed by atoms with E-state index >= 15 is 0 Å². The Hall–Kier alpha value is -5.27. The van der Waals surface area contributed by atoms with Crippen LogP contribution in [0.3, 0.4) is 0 Å². The molecule has 0 bridgehead atoms. The number of nitrogens with zero attached hydrogens (tertiary/aromatic N) is 2. The van der Waals surface area contributed by atoms with E-state index in [1.54, 1.807) is 18.2 Å². The summed E-state index contributed by atoms with van der Waals surface area (Å²) in [5.74, 6) is -1.50. The molecule has 5 rings (SSSR count). The number of rotatable bonds is 11. The van der Waals surface area contributed by atoms with Crippen LogP contribution < -0.4 is 15.4 Å². The Bertz CT molecular complexity index is 1650. The average molecular weight is 567 g/mol. The fraction of sp³-hybridized carbons (Fsp3) is 0.188. The van der Waals surface area contributed by atoms with E-state index in [2.05, 4.69) is 15.6 Å². The molecule has 0 spiro atoms. The van der Waals surface area contributed by atoms with E-state index < -0.39 is 11.8 Å². The van der Waals surface area contributed by atoms with Gasteiger partial charge < -0.3 is 25.2 Å². The molecule has 10 heteroatoms. The van der Waals surface area contributed by atoms with Gasteiger partial charge in [0.2, 0.25) is 11.8 Å². The van der Waals surface area contributed by atoms with Gasteiger partial charge in [0.25, 0.3) is 0 Å². The predicted octanol–water partition coefficient (Wildman–Crippen LogP) is 5.42. The summed E-state index contributed by atoms with van der Waals surface area (Å²) >= 11 is 0. The van der Waals surface area contributed by atoms with Crippen molar-refractivity contribution in [2.75, 3.05) is 23.8 Å². The highest BCUT2D eigenvalue weighted by Gasteiger charge is 2.19. The minimum atomic E-state index is -1.05. The van der Waals surface area contributed by atoms with Gasteiger partial charge in [0.15, 0.2) is 0 Å². The van der Waals surface area contributed by atoms with Crippen molar-refractivity contribution in [3.8, 4) is 23.2 Å². The van der Waals surface area contributed by atoms with Crippen LogP contribution in [0.5, 0.6) is 5.88 Å². The van der Waals surface area contributed by atoms with Crippen LogP contribution in [0.4, 0.5) is 15.8 Å². The highest BCUT2D eigenvalue weighted by Crippen LogP contribution is 2.26. The Morgan fingerprint density at radius 1 is 1.07 bits per heavy atom. The lowest BCUT2D eigenvalue weighted by Gasteiger charge is -2.27. The fourth-order valence-corrected chi connectivity index (χ4v) is 4.32. The Labute approximate surface area is 241 Å². The number of carboxylic acid groups (broad SMARTS) is 1. The third kappa shape index (κ3) is 7.08. The quantitative estimate of drug-likeness (QED) is 0.219. The summed E-state index contributed by atoms with van der Waals surface area (Å²) in [6.07, 6.45) is 1.10. The van der Waals surface area contributed by atoms with Crippen molar-refractivity contribution in [2.45, 2.75) is 25.6 Å². The van der Waals surface area contributed by atoms with E-state index in [1.165, 1.54) is 30.3 Å². The Morgan fingerprint density at radius 2 is 1.88 bits per heavy atom. The highest BCUT2D eigenvalue weighted by atomic mass is 19.1. The third-order valence-electron chi connectivity index (χ3n) is 6.75. The second-order valence-electron chi connectivity index (χ2n) is 9.72. The van der Waals surface area contributed by atoms with Crippen molar-refractivity contribution < 1.29 is 28.6 Å². The number of benzene rings is 3. The van der Waals surface area contributed by atoms with Crippen molar-refractivity contribution in [3.05, 3.63) is 107 Å². The number of hydrogen-bond donors (Lipinski definition) is 3. The number of aromatic carboxylic acids is 1. The first-order valence-corrected chi connectivity index (χ1v) is 13.3. The predicted molar refractivity (Wildman–Crippen MR) is 154 cm³/mol. The summed E-state index contributed by atoms with van der Waals surface area (Å²) in [6, 6.07) is 23.3. The van der Waals surface area contributed by atoms with E-state index in [-0.39, 0.29) is 36.2 Å². The lowest BCUT2D eigenvalue weighted by Crippen LogP contribution is -2.33. The number of aromatic nitrogens is 1. The number of hydrogen-bond acceptors (Lipinski definition) is 7. The lowest BCUT2D eigenvalue weighted by molar-refractivity contribution is -0.115. The van der Waals surface area contributed by atoms with Gasteiger partial charge in [-0.15, -0.1) is 0 Å². The number of nitriles is 1. The normalized spacial score (nSPS) is 13.9. The van der Waals surface area contributed by atoms with Gasteiger partial charge in [-0.05, 0) is 48.4 Å². The van der Waals surface area contributed by atoms with Crippen molar-refractivity contribution in [3.63, 3.8) is 0 Å². The van der Waals surface area contributed by atoms with Crippen molar-refractivity contribution in [2.24, 2.45) is 0 Å². The van der Waals surface area contributed by atoms with Crippen molar-refractivity contribution >= 4 is 23.3 Å². The molecule has 0 saturated carbocycles. The molecular formula is C32H27FN4O5. The highest BCUT2D eigenvalue weighted by molar-refractivity contribution is 5.97. The zero-order valence-electron chi connectivity index (χ0n) is 22.5. The molecule has 1 aliphatic rings. The maximum absolute atomic E-state index is 14.2. The Kier molecular flexibility index (Phi) is 8.70. The number of halogens is 1. The summed E-state index contributed by atoms with van der Waals surface area (Å²) in [7, 11) is 0. The smallest absolute Gasteiger partial charge is 0.335 e. The lowest BCUT2D eigenvalue weighted by atomic mass is 10.1. The monoisotopic (exact) mass is 566 g/mol. The van der Waals surface area contributed by atoms with E-state index in [0.29, 0.717) is 41.7 Å². The first-order valence-electron chi connectivity index (χ1n) is 13.3. The summed E-state index contributed by atoms with van der Waals surface area (Å²) in [6.45, 7) is 1.19. The van der Waals surface area contributed by atoms with Crippen molar-refractivity contribution in [1.29, 1.82) is 5.26 Å². The van der Waals surface area contributed by atoms with Gasteiger partial charge in [-0.3, -0.25) is 4.79 Å². The molecule has 3 N–H and O–H groups in total. The van der Waals surface area contributed by atoms with Gasteiger partial charge in [-0.25, -0.2) is 14.2 Å². The van der Waals surface area contributed by atoms with Crippen LogP contribution in [0.1, 0.15) is 33.5 Å². The Balaban J connectivity index is 1.20. The van der Waals surface area contributed by atoms with E-state index in [4.69, 9.17) is 14.7 Å². The number of ether oxygens (including phenoxy) is 2. The van der Waals surface area contributed by atoms with E-state index in [0.717, 1.165) is 17.5 Å². The zero-order chi connectivity index (χ0) is 29.5. The number of amides is 1. The van der Waals surface area contributed by atoms with Crippen LogP contribution in [0.25, 0.3) is 11.3 Å². The molecule has 212 valence electrons. The van der Waals surface area contributed by atoms with Crippen LogP contribution in [0, 0.1) is 17.1 Å². The summed E-state index contributed by atoms with van der Waals surface area (Å²) in [5, 5.41) is 24.3. The standard InChI is InChI=1S/C32H27FN4O5/c33-26-14-21(17-34)6-9-24(26)19-42-31-3-1-2-27(37-31)22-7-4-20(5-8-22)15-30(38)36-28-11-10-23(32(39)40)16-29(28)35-18-25-12-13-41-25/h1-11,14,16,25,35H,12-13,15,18-19H2,(H,36,38)(H,39,40). The van der Waals surface area contributed by atoms with Crippen LogP contribution in [0.2, 0.25) is 0 Å². The topological polar surface area (TPSA) is 134 Å². The first-order chi connectivity index (χ1) is 20.4. The molecule has 42 heavy (non-hydrogen) atoms. The number of pyridine rings is 1. The summed E-state index contributed by atoms with van der Waals surface area (Å²) < 4.78 is 25.3. The van der Waals surface area contributed by atoms with E-state index in [1.807, 2.05) is 36.4 Å². The molecule has 4 aromatic rings. The fourth-order valence-electron chi connectivity index (χ4n) is 4.32. The zero-order valence-corrected chi connectivity index (χ0v) is 22.5. The van der Waals surface area contributed by atoms with Crippen LogP contribution >= 0.6 is 0 Å². The maximum atomic E-state index is 14.2. The molecule has 1 saturated heterocycles. The molecule has 1 atom stereocenters. The number of anilines is 2. The largest absolute Gasteiger partial charge is 0.478 e. The number of carbonyl (C=O) groups excluding carboxylic acids is 1. The SMILES string of the molecule is N#Cc1ccc(COc2cccc(-c3ccc(CC(=O)Nc4ccc(C(=O)O)cc4NCC4CCO4)cc3)n2)c(F)c1. The second-order valence-corrected chi connectivity index (χ2v) is 9.72. The van der Waals surface area contributed by atoms with Gasteiger partial charge >= 0.3 is 5.97 Å². The minimum Gasteiger partial charge on any atom is -0.478 e. The number of carbonyl (C=O) groups is 2. The van der Waals surface area contributed by atoms with Gasteiger partial charge in [0.05, 0.1) is 46.8 Å². The number of carboxylic acids is 1. The maximum Gasteiger partial charge on any atom is 0.335 e. The molecule has 1 aromatic heterocycles. The second kappa shape index (κ2) is 12.9. The van der Waals surface area contributed by atoms with E-state index in [9.17, 15) is 19.1 Å². The molecule has 0 aliphatic carbocycles. The van der Waals surface area contributed by atoms with Crippen LogP contribution in [0.15, 0.2) is 78.9 Å². The minimum absolute atomic E-state index is 0.0350. The molecule has 1 fully saturated rings. The van der Waals surface area contributed by atoms with Gasteiger partial charge in [0.1, 0.15) is 12.4 Å². The molecule has 1 unspecified atom stereocenters. The molecule has 3 aromatic carbocycles. The molecule has 9 nitrogen and oxygen atoms in total. The van der Waals surface area contributed by atoms with Gasteiger partial charge in [0, 0.05) is 30.3 Å². The van der Waals surface area contributed by atoms with Crippen molar-refractivity contribution in [1.82, 2.24) is 4.98 Å². The van der Waals surface area contributed by atoms with Gasteiger partial charge in [-0.1, -0.05) is 36.4 Å².